The summed E-state index contributed by atoms with van der Waals surface area (Å²) in [5, 5.41) is 0. The summed E-state index contributed by atoms with van der Waals surface area (Å²) in [6, 6.07) is 6.82. The minimum Gasteiger partial charge on any atom is -0.263 e. The van der Waals surface area contributed by atoms with Gasteiger partial charge in [0.15, 0.2) is 0 Å². The van der Waals surface area contributed by atoms with Gasteiger partial charge in [0.05, 0.1) is 11.0 Å². The van der Waals surface area contributed by atoms with Crippen LogP contribution in [0.3, 0.4) is 0 Å². The van der Waals surface area contributed by atoms with E-state index in [0.717, 1.165) is 24.8 Å². The van der Waals surface area contributed by atoms with Crippen molar-refractivity contribution in [3.05, 3.63) is 29.8 Å². The van der Waals surface area contributed by atoms with Gasteiger partial charge in [-0.15, -0.1) is 0 Å². The zero-order chi connectivity index (χ0) is 13.6. The molecule has 0 N–H and O–H groups in total. The van der Waals surface area contributed by atoms with Crippen LogP contribution >= 0.6 is 15.9 Å². The second-order valence-corrected chi connectivity index (χ2v) is 8.40. The van der Waals surface area contributed by atoms with Crippen LogP contribution in [0.2, 0.25) is 0 Å². The summed E-state index contributed by atoms with van der Waals surface area (Å²) in [5.74, 6) is 0.956. The average molecular weight is 345 g/mol. The van der Waals surface area contributed by atoms with Crippen LogP contribution in [0.25, 0.3) is 0 Å². The first-order valence-electron chi connectivity index (χ1n) is 6.60. The van der Waals surface area contributed by atoms with E-state index in [-0.39, 0.29) is 11.0 Å². The van der Waals surface area contributed by atoms with E-state index in [1.54, 1.807) is 24.3 Å². The minimum absolute atomic E-state index is 0.158. The van der Waals surface area contributed by atoms with Crippen molar-refractivity contribution in [3.63, 3.8) is 0 Å². The molecule has 5 heteroatoms. The first-order valence-corrected chi connectivity index (χ1v) is 8.92. The molecule has 1 aromatic carbocycles. The van der Waals surface area contributed by atoms with Crippen LogP contribution in [0.5, 0.6) is 0 Å². The quantitative estimate of drug-likeness (QED) is 0.624. The first-order chi connectivity index (χ1) is 8.95. The number of hydrogen-bond acceptors (Lipinski definition) is 3. The van der Waals surface area contributed by atoms with Crippen molar-refractivity contribution < 1.29 is 12.6 Å². The number of rotatable bonds is 3. The summed E-state index contributed by atoms with van der Waals surface area (Å²) < 4.78 is 30.0. The number of alkyl halides is 1. The van der Waals surface area contributed by atoms with Gasteiger partial charge in [-0.25, -0.2) is 0 Å². The van der Waals surface area contributed by atoms with Crippen molar-refractivity contribution >= 4 is 26.0 Å². The van der Waals surface area contributed by atoms with Gasteiger partial charge in [0, 0.05) is 4.83 Å². The molecule has 2 bridgehead atoms. The van der Waals surface area contributed by atoms with Gasteiger partial charge in [0.25, 0.3) is 10.1 Å². The summed E-state index contributed by atoms with van der Waals surface area (Å²) in [6.45, 7) is 1.93. The van der Waals surface area contributed by atoms with E-state index in [1.807, 2.05) is 6.92 Å². The highest BCUT2D eigenvalue weighted by atomic mass is 79.9. The molecule has 0 saturated heterocycles. The Hall–Kier alpha value is -0.390. The molecule has 0 heterocycles. The lowest BCUT2D eigenvalue weighted by molar-refractivity contribution is 0.150. The fourth-order valence-corrected chi connectivity index (χ4v) is 5.45. The third-order valence-electron chi connectivity index (χ3n) is 4.23. The van der Waals surface area contributed by atoms with Crippen molar-refractivity contribution in [1.82, 2.24) is 0 Å². The number of hydrogen-bond donors (Lipinski definition) is 0. The molecule has 0 radical (unpaired) electrons. The third-order valence-corrected chi connectivity index (χ3v) is 6.63. The fraction of sp³-hybridized carbons (Fsp3) is 0.571. The topological polar surface area (TPSA) is 43.4 Å². The maximum Gasteiger partial charge on any atom is 0.297 e. The van der Waals surface area contributed by atoms with Gasteiger partial charge in [-0.2, -0.15) is 8.42 Å². The summed E-state index contributed by atoms with van der Waals surface area (Å²) in [7, 11) is -3.63. The smallest absolute Gasteiger partial charge is 0.263 e. The summed E-state index contributed by atoms with van der Waals surface area (Å²) >= 11 is 3.63. The highest BCUT2D eigenvalue weighted by Gasteiger charge is 2.47. The minimum atomic E-state index is -3.63. The highest BCUT2D eigenvalue weighted by Crippen LogP contribution is 2.49. The lowest BCUT2D eigenvalue weighted by Crippen LogP contribution is -2.29. The molecule has 2 aliphatic carbocycles. The van der Waals surface area contributed by atoms with Crippen LogP contribution in [0.1, 0.15) is 24.8 Å². The molecule has 0 spiro atoms. The van der Waals surface area contributed by atoms with Crippen LogP contribution < -0.4 is 0 Å². The molecule has 1 aromatic rings. The van der Waals surface area contributed by atoms with Crippen molar-refractivity contribution in [2.24, 2.45) is 11.8 Å². The van der Waals surface area contributed by atoms with Crippen molar-refractivity contribution in [3.8, 4) is 0 Å². The Morgan fingerprint density at radius 2 is 1.84 bits per heavy atom. The first kappa shape index (κ1) is 13.6. The van der Waals surface area contributed by atoms with E-state index in [9.17, 15) is 8.42 Å². The molecule has 0 unspecified atom stereocenters. The molecule has 3 nitrogen and oxygen atoms in total. The van der Waals surface area contributed by atoms with E-state index in [2.05, 4.69) is 15.9 Å². The molecule has 0 amide bonds. The standard InChI is InChI=1S/C14H17BrO3S/c1-9-2-4-11(5-3-9)19(16,17)18-14-8-10-6-12(14)13(15)7-10/h2-5,10,12-14H,6-8H2,1H3/t10-,12+,13-,14+/m1/s1. The SMILES string of the molecule is Cc1ccc(S(=O)(=O)O[C@H]2C[C@@H]3C[C@H]2[C@H](Br)C3)cc1. The zero-order valence-electron chi connectivity index (χ0n) is 10.8. The Kier molecular flexibility index (Phi) is 3.48. The van der Waals surface area contributed by atoms with Crippen LogP contribution in [0, 0.1) is 18.8 Å². The van der Waals surface area contributed by atoms with E-state index < -0.39 is 10.1 Å². The van der Waals surface area contributed by atoms with Crippen molar-refractivity contribution in [1.29, 1.82) is 0 Å². The highest BCUT2D eigenvalue weighted by molar-refractivity contribution is 9.09. The van der Waals surface area contributed by atoms with Gasteiger partial charge in [-0.05, 0) is 50.2 Å². The van der Waals surface area contributed by atoms with Crippen LogP contribution in [0.15, 0.2) is 29.2 Å². The van der Waals surface area contributed by atoms with E-state index in [0.29, 0.717) is 16.7 Å². The zero-order valence-corrected chi connectivity index (χ0v) is 13.2. The van der Waals surface area contributed by atoms with E-state index in [4.69, 9.17) is 4.18 Å². The summed E-state index contributed by atoms with van der Waals surface area (Å²) in [5.41, 5.74) is 1.04. The van der Waals surface area contributed by atoms with Gasteiger partial charge in [-0.1, -0.05) is 33.6 Å². The molecule has 2 fully saturated rings. The van der Waals surface area contributed by atoms with Gasteiger partial charge < -0.3 is 0 Å². The lowest BCUT2D eigenvalue weighted by atomic mass is 9.98. The second kappa shape index (κ2) is 4.86. The molecule has 2 aliphatic rings. The summed E-state index contributed by atoms with van der Waals surface area (Å²) in [4.78, 5) is 0.663. The number of aryl methyl sites for hydroxylation is 1. The summed E-state index contributed by atoms with van der Waals surface area (Å²) in [6.07, 6.45) is 2.95. The third kappa shape index (κ3) is 2.60. The van der Waals surface area contributed by atoms with Crippen LogP contribution in [-0.4, -0.2) is 19.3 Å². The normalized spacial score (nSPS) is 33.8. The predicted octanol–water partition coefficient (Wildman–Crippen LogP) is 3.26. The maximum absolute atomic E-state index is 12.2. The molecule has 3 rings (SSSR count). The Morgan fingerprint density at radius 1 is 1.16 bits per heavy atom. The largest absolute Gasteiger partial charge is 0.297 e. The van der Waals surface area contributed by atoms with Crippen molar-refractivity contribution in [2.75, 3.05) is 0 Å². The van der Waals surface area contributed by atoms with E-state index in [1.165, 1.54) is 0 Å². The molecular weight excluding hydrogens is 328 g/mol. The number of benzene rings is 1. The van der Waals surface area contributed by atoms with Gasteiger partial charge in [-0.3, -0.25) is 4.18 Å². The van der Waals surface area contributed by atoms with Crippen molar-refractivity contribution in [2.45, 2.75) is 42.0 Å². The number of halogens is 1. The lowest BCUT2D eigenvalue weighted by Gasteiger charge is -2.25. The van der Waals surface area contributed by atoms with Gasteiger partial charge in [0.2, 0.25) is 0 Å². The van der Waals surface area contributed by atoms with Gasteiger partial charge >= 0.3 is 0 Å². The maximum atomic E-state index is 12.2. The Bertz CT molecular complexity index is 567. The fourth-order valence-electron chi connectivity index (χ4n) is 3.24. The van der Waals surface area contributed by atoms with E-state index >= 15 is 0 Å². The van der Waals surface area contributed by atoms with Crippen LogP contribution in [-0.2, 0) is 14.3 Å². The molecule has 104 valence electrons. The second-order valence-electron chi connectivity index (χ2n) is 5.65. The molecule has 0 aromatic heterocycles. The molecular formula is C14H17BrO3S. The Labute approximate surface area is 122 Å². The Morgan fingerprint density at radius 3 is 2.42 bits per heavy atom. The molecule has 4 atom stereocenters. The molecule has 0 aliphatic heterocycles. The number of fused-ring (bicyclic) bond motifs is 2. The predicted molar refractivity (Wildman–Crippen MR) is 76.8 cm³/mol. The Balaban J connectivity index is 1.77. The monoisotopic (exact) mass is 344 g/mol. The molecule has 19 heavy (non-hydrogen) atoms. The van der Waals surface area contributed by atoms with Gasteiger partial charge in [0.1, 0.15) is 0 Å². The average Bonchev–Trinajstić information content (AvgIpc) is 2.87. The van der Waals surface area contributed by atoms with Crippen LogP contribution in [0.4, 0.5) is 0 Å². The molecule has 2 saturated carbocycles.